The standard InChI is InChI=1S/C19H32N4S/c1-14-18(16(3)23-24-17(4)15(2)21-5)10-9-11-19(14)22-13-8-6-7-12-20/h9-11,21-23H,3,6-8,12-13,20H2,1-2,4-5H3/b17-15-. The van der Waals surface area contributed by atoms with Crippen molar-refractivity contribution in [2.24, 2.45) is 5.73 Å². The predicted molar refractivity (Wildman–Crippen MR) is 110 cm³/mol. The van der Waals surface area contributed by atoms with E-state index in [-0.39, 0.29) is 0 Å². The summed E-state index contributed by atoms with van der Waals surface area (Å²) >= 11 is 1.59. The van der Waals surface area contributed by atoms with E-state index >= 15 is 0 Å². The Hall–Kier alpha value is -1.59. The highest BCUT2D eigenvalue weighted by molar-refractivity contribution is 8.01. The third-order valence-corrected chi connectivity index (χ3v) is 5.05. The highest BCUT2D eigenvalue weighted by Gasteiger charge is 2.07. The van der Waals surface area contributed by atoms with Crippen LogP contribution in [0.15, 0.2) is 35.4 Å². The van der Waals surface area contributed by atoms with E-state index in [1.165, 1.54) is 22.6 Å². The Morgan fingerprint density at radius 3 is 2.62 bits per heavy atom. The highest BCUT2D eigenvalue weighted by atomic mass is 32.2. The lowest BCUT2D eigenvalue weighted by atomic mass is 10.0. The van der Waals surface area contributed by atoms with Gasteiger partial charge in [-0.3, -0.25) is 0 Å². The van der Waals surface area contributed by atoms with Crippen LogP contribution < -0.4 is 21.1 Å². The van der Waals surface area contributed by atoms with Crippen molar-refractivity contribution < 1.29 is 0 Å². The molecule has 5 heteroatoms. The van der Waals surface area contributed by atoms with Crippen LogP contribution in [0.2, 0.25) is 0 Å². The molecule has 0 aliphatic rings. The molecule has 1 aromatic rings. The molecule has 0 fully saturated rings. The quantitative estimate of drug-likeness (QED) is 0.356. The molecule has 24 heavy (non-hydrogen) atoms. The van der Waals surface area contributed by atoms with Gasteiger partial charge in [-0.1, -0.05) is 25.1 Å². The minimum atomic E-state index is 0.776. The fraction of sp³-hybridized carbons (Fsp3) is 0.474. The van der Waals surface area contributed by atoms with Crippen LogP contribution in [0, 0.1) is 6.92 Å². The summed E-state index contributed by atoms with van der Waals surface area (Å²) in [6.07, 6.45) is 3.41. The first-order valence-corrected chi connectivity index (χ1v) is 9.33. The van der Waals surface area contributed by atoms with Crippen LogP contribution in [0.4, 0.5) is 5.69 Å². The molecule has 4 nitrogen and oxygen atoms in total. The molecular formula is C19H32N4S. The van der Waals surface area contributed by atoms with E-state index in [1.54, 1.807) is 11.9 Å². The van der Waals surface area contributed by atoms with E-state index < -0.39 is 0 Å². The maximum Gasteiger partial charge on any atom is 0.0447 e. The summed E-state index contributed by atoms with van der Waals surface area (Å²) in [4.78, 5) is 1.20. The number of hydrogen-bond donors (Lipinski definition) is 4. The van der Waals surface area contributed by atoms with E-state index in [0.717, 1.165) is 42.9 Å². The molecule has 0 saturated heterocycles. The number of rotatable bonds is 11. The van der Waals surface area contributed by atoms with Crippen LogP contribution >= 0.6 is 11.9 Å². The van der Waals surface area contributed by atoms with E-state index in [1.807, 2.05) is 7.05 Å². The average molecular weight is 349 g/mol. The lowest BCUT2D eigenvalue weighted by molar-refractivity contribution is 0.707. The van der Waals surface area contributed by atoms with E-state index in [2.05, 4.69) is 60.9 Å². The first-order valence-electron chi connectivity index (χ1n) is 8.52. The van der Waals surface area contributed by atoms with Gasteiger partial charge in [0.15, 0.2) is 0 Å². The van der Waals surface area contributed by atoms with E-state index in [0.29, 0.717) is 0 Å². The summed E-state index contributed by atoms with van der Waals surface area (Å²) in [5.74, 6) is 0. The Kier molecular flexibility index (Phi) is 9.42. The maximum absolute atomic E-state index is 5.53. The molecule has 0 unspecified atom stereocenters. The summed E-state index contributed by atoms with van der Waals surface area (Å²) in [6.45, 7) is 12.2. The molecule has 0 amide bonds. The van der Waals surface area contributed by atoms with Gasteiger partial charge in [-0.2, -0.15) is 0 Å². The van der Waals surface area contributed by atoms with Gasteiger partial charge in [-0.15, -0.1) is 0 Å². The zero-order valence-corrected chi connectivity index (χ0v) is 16.3. The molecule has 0 radical (unpaired) electrons. The summed E-state index contributed by atoms with van der Waals surface area (Å²) < 4.78 is 3.35. The number of anilines is 1. The Bertz CT molecular complexity index is 566. The first kappa shape index (κ1) is 20.5. The molecular weight excluding hydrogens is 316 g/mol. The molecule has 0 aliphatic carbocycles. The van der Waals surface area contributed by atoms with Gasteiger partial charge in [0.25, 0.3) is 0 Å². The molecule has 0 heterocycles. The predicted octanol–water partition coefficient (Wildman–Crippen LogP) is 4.22. The van der Waals surface area contributed by atoms with Crippen molar-refractivity contribution in [3.8, 4) is 0 Å². The molecule has 5 N–H and O–H groups in total. The monoisotopic (exact) mass is 348 g/mol. The summed E-state index contributed by atoms with van der Waals surface area (Å²) in [7, 11) is 1.93. The number of allylic oxidation sites excluding steroid dienone is 2. The third-order valence-electron chi connectivity index (χ3n) is 4.09. The van der Waals surface area contributed by atoms with E-state index in [9.17, 15) is 0 Å². The topological polar surface area (TPSA) is 62.1 Å². The van der Waals surface area contributed by atoms with Crippen molar-refractivity contribution in [1.82, 2.24) is 10.0 Å². The normalized spacial score (nSPS) is 11.7. The molecule has 0 aliphatic heterocycles. The number of nitrogens with one attached hydrogen (secondary N) is 3. The van der Waals surface area contributed by atoms with Crippen LogP contribution in [-0.2, 0) is 0 Å². The molecule has 0 aromatic heterocycles. The number of unbranched alkanes of at least 4 members (excludes halogenated alkanes) is 2. The van der Waals surface area contributed by atoms with E-state index in [4.69, 9.17) is 5.73 Å². The summed E-state index contributed by atoms with van der Waals surface area (Å²) in [5.41, 5.74) is 11.2. The second-order valence-corrected chi connectivity index (χ2v) is 6.89. The lowest BCUT2D eigenvalue weighted by Crippen LogP contribution is -2.09. The van der Waals surface area contributed by atoms with Crippen molar-refractivity contribution in [1.29, 1.82) is 0 Å². The zero-order valence-electron chi connectivity index (χ0n) is 15.5. The molecule has 1 rings (SSSR count). The van der Waals surface area contributed by atoms with Gasteiger partial charge in [0.05, 0.1) is 0 Å². The largest absolute Gasteiger partial charge is 0.391 e. The van der Waals surface area contributed by atoms with Crippen LogP contribution in [0.5, 0.6) is 0 Å². The lowest BCUT2D eigenvalue weighted by Gasteiger charge is -2.16. The Balaban J connectivity index is 2.65. The van der Waals surface area contributed by atoms with Crippen LogP contribution in [0.3, 0.4) is 0 Å². The molecule has 134 valence electrons. The van der Waals surface area contributed by atoms with Crippen LogP contribution in [-0.4, -0.2) is 20.1 Å². The van der Waals surface area contributed by atoms with Crippen molar-refractivity contribution >= 4 is 23.3 Å². The second kappa shape index (κ2) is 11.0. The van der Waals surface area contributed by atoms with Gasteiger partial charge in [-0.05, 0) is 63.7 Å². The fourth-order valence-electron chi connectivity index (χ4n) is 2.27. The van der Waals surface area contributed by atoms with Gasteiger partial charge in [-0.25, -0.2) is 0 Å². The maximum atomic E-state index is 5.53. The van der Waals surface area contributed by atoms with Crippen LogP contribution in [0.25, 0.3) is 5.70 Å². The average Bonchev–Trinajstić information content (AvgIpc) is 2.59. The fourth-order valence-corrected chi connectivity index (χ4v) is 2.91. The molecule has 1 aromatic carbocycles. The number of hydrogen-bond acceptors (Lipinski definition) is 5. The Labute approximate surface area is 151 Å². The third kappa shape index (κ3) is 6.49. The molecule has 0 atom stereocenters. The summed E-state index contributed by atoms with van der Waals surface area (Å²) in [6, 6.07) is 6.30. The molecule has 0 bridgehead atoms. The second-order valence-electron chi connectivity index (χ2n) is 5.87. The highest BCUT2D eigenvalue weighted by Crippen LogP contribution is 2.26. The van der Waals surface area contributed by atoms with Crippen LogP contribution in [0.1, 0.15) is 44.2 Å². The van der Waals surface area contributed by atoms with Gasteiger partial charge in [0, 0.05) is 41.1 Å². The molecule has 0 spiro atoms. The summed E-state index contributed by atoms with van der Waals surface area (Å²) in [5, 5.41) is 6.68. The number of nitrogens with two attached hydrogens (primary N) is 1. The Morgan fingerprint density at radius 2 is 1.96 bits per heavy atom. The van der Waals surface area contributed by atoms with Crippen molar-refractivity contribution in [3.63, 3.8) is 0 Å². The van der Waals surface area contributed by atoms with Gasteiger partial charge in [0.2, 0.25) is 0 Å². The Morgan fingerprint density at radius 1 is 1.21 bits per heavy atom. The minimum Gasteiger partial charge on any atom is -0.391 e. The molecule has 0 saturated carbocycles. The van der Waals surface area contributed by atoms with Crippen molar-refractivity contribution in [2.75, 3.05) is 25.5 Å². The number of benzene rings is 1. The smallest absolute Gasteiger partial charge is 0.0447 e. The van der Waals surface area contributed by atoms with Gasteiger partial charge in [0.1, 0.15) is 0 Å². The van der Waals surface area contributed by atoms with Crippen molar-refractivity contribution in [3.05, 3.63) is 46.5 Å². The van der Waals surface area contributed by atoms with Gasteiger partial charge < -0.3 is 21.1 Å². The van der Waals surface area contributed by atoms with Crippen molar-refractivity contribution in [2.45, 2.75) is 40.0 Å². The SMILES string of the molecule is C=C(NS/C(C)=C(/C)NC)c1cccc(NCCCCCN)c1C. The zero-order chi connectivity index (χ0) is 17.9. The first-order chi connectivity index (χ1) is 11.5. The minimum absolute atomic E-state index is 0.776. The van der Waals surface area contributed by atoms with Gasteiger partial charge >= 0.3 is 0 Å².